The molecule has 108 valence electrons. The van der Waals surface area contributed by atoms with E-state index in [4.69, 9.17) is 10.2 Å². The van der Waals surface area contributed by atoms with Gasteiger partial charge < -0.3 is 20.4 Å². The Kier molecular flexibility index (Phi) is 5.45. The summed E-state index contributed by atoms with van der Waals surface area (Å²) in [7, 11) is 0. The molecule has 7 nitrogen and oxygen atoms in total. The van der Waals surface area contributed by atoms with Crippen molar-refractivity contribution in [1.82, 2.24) is 10.2 Å². The van der Waals surface area contributed by atoms with E-state index in [1.54, 1.807) is 6.07 Å². The number of carbonyl (C=O) groups is 3. The fraction of sp³-hybridized carbons (Fsp3) is 0.250. The lowest BCUT2D eigenvalue weighted by Crippen LogP contribution is -2.45. The molecule has 0 unspecified atom stereocenters. The van der Waals surface area contributed by atoms with Crippen molar-refractivity contribution in [2.45, 2.75) is 6.54 Å². The highest BCUT2D eigenvalue weighted by atomic mass is 19.1. The van der Waals surface area contributed by atoms with Crippen LogP contribution in [-0.2, 0) is 16.1 Å². The van der Waals surface area contributed by atoms with Gasteiger partial charge in [0, 0.05) is 12.1 Å². The zero-order valence-electron chi connectivity index (χ0n) is 10.4. The zero-order chi connectivity index (χ0) is 15.1. The molecule has 0 spiro atoms. The lowest BCUT2D eigenvalue weighted by atomic mass is 10.2. The number of urea groups is 1. The molecule has 1 rings (SSSR count). The van der Waals surface area contributed by atoms with Gasteiger partial charge in [-0.25, -0.2) is 9.18 Å². The van der Waals surface area contributed by atoms with Gasteiger partial charge in [-0.15, -0.1) is 0 Å². The number of carboxylic acids is 2. The molecular formula is C12H13FN2O5. The van der Waals surface area contributed by atoms with E-state index in [0.717, 1.165) is 0 Å². The van der Waals surface area contributed by atoms with Crippen molar-refractivity contribution in [3.8, 4) is 0 Å². The Morgan fingerprint density at radius 3 is 2.15 bits per heavy atom. The van der Waals surface area contributed by atoms with Crippen LogP contribution in [0.2, 0.25) is 0 Å². The van der Waals surface area contributed by atoms with Crippen molar-refractivity contribution in [1.29, 1.82) is 0 Å². The molecule has 2 amide bonds. The maximum atomic E-state index is 13.3. The van der Waals surface area contributed by atoms with Gasteiger partial charge in [-0.2, -0.15) is 0 Å². The van der Waals surface area contributed by atoms with Crippen LogP contribution in [0, 0.1) is 5.82 Å². The number of nitrogens with zero attached hydrogens (tertiary/aromatic N) is 1. The second-order valence-electron chi connectivity index (χ2n) is 3.89. The van der Waals surface area contributed by atoms with Crippen molar-refractivity contribution in [2.24, 2.45) is 0 Å². The third-order valence-corrected chi connectivity index (χ3v) is 2.33. The molecule has 20 heavy (non-hydrogen) atoms. The summed E-state index contributed by atoms with van der Waals surface area (Å²) < 4.78 is 13.3. The van der Waals surface area contributed by atoms with Crippen molar-refractivity contribution >= 4 is 18.0 Å². The molecule has 0 saturated heterocycles. The Balaban J connectivity index is 2.64. The molecule has 0 aliphatic rings. The molecule has 0 fully saturated rings. The molecule has 0 aliphatic carbocycles. The summed E-state index contributed by atoms with van der Waals surface area (Å²) in [6, 6.07) is 4.85. The van der Waals surface area contributed by atoms with Gasteiger partial charge in [-0.1, -0.05) is 18.2 Å². The molecule has 0 aromatic heterocycles. The summed E-state index contributed by atoms with van der Waals surface area (Å²) in [5, 5.41) is 19.5. The topological polar surface area (TPSA) is 107 Å². The molecular weight excluding hydrogens is 271 g/mol. The third-order valence-electron chi connectivity index (χ3n) is 2.33. The quantitative estimate of drug-likeness (QED) is 0.705. The highest BCUT2D eigenvalue weighted by Gasteiger charge is 2.19. The molecule has 0 bridgehead atoms. The zero-order valence-corrected chi connectivity index (χ0v) is 10.4. The molecule has 3 N–H and O–H groups in total. The van der Waals surface area contributed by atoms with Gasteiger partial charge in [0.15, 0.2) is 0 Å². The predicted octanol–water partition coefficient (Wildman–Crippen LogP) is 0.507. The Morgan fingerprint density at radius 2 is 1.65 bits per heavy atom. The van der Waals surface area contributed by atoms with E-state index < -0.39 is 36.9 Å². The van der Waals surface area contributed by atoms with E-state index in [9.17, 15) is 18.8 Å². The van der Waals surface area contributed by atoms with Crippen LogP contribution in [0.1, 0.15) is 5.56 Å². The van der Waals surface area contributed by atoms with Crippen LogP contribution in [0.3, 0.4) is 0 Å². The van der Waals surface area contributed by atoms with Crippen LogP contribution >= 0.6 is 0 Å². The monoisotopic (exact) mass is 284 g/mol. The summed E-state index contributed by atoms with van der Waals surface area (Å²) in [5.74, 6) is -3.20. The van der Waals surface area contributed by atoms with E-state index in [1.165, 1.54) is 18.2 Å². The molecule has 0 heterocycles. The van der Waals surface area contributed by atoms with Crippen molar-refractivity contribution in [3.05, 3.63) is 35.6 Å². The van der Waals surface area contributed by atoms with E-state index in [-0.39, 0.29) is 12.1 Å². The highest BCUT2D eigenvalue weighted by Crippen LogP contribution is 2.05. The van der Waals surface area contributed by atoms with Crippen molar-refractivity contribution in [3.63, 3.8) is 0 Å². The maximum absolute atomic E-state index is 13.3. The van der Waals surface area contributed by atoms with Crippen LogP contribution in [0.15, 0.2) is 24.3 Å². The average molecular weight is 284 g/mol. The largest absolute Gasteiger partial charge is 0.480 e. The van der Waals surface area contributed by atoms with E-state index in [0.29, 0.717) is 4.90 Å². The fourth-order valence-electron chi connectivity index (χ4n) is 1.45. The molecule has 0 saturated carbocycles. The van der Waals surface area contributed by atoms with Gasteiger partial charge in [0.1, 0.15) is 18.9 Å². The van der Waals surface area contributed by atoms with Gasteiger partial charge in [-0.05, 0) is 6.07 Å². The Morgan fingerprint density at radius 1 is 1.10 bits per heavy atom. The molecule has 1 aromatic carbocycles. The van der Waals surface area contributed by atoms with Gasteiger partial charge in [0.2, 0.25) is 0 Å². The lowest BCUT2D eigenvalue weighted by molar-refractivity contribution is -0.140. The third kappa shape index (κ3) is 4.92. The maximum Gasteiger partial charge on any atom is 0.323 e. The minimum absolute atomic E-state index is 0.165. The number of halogens is 1. The first kappa shape index (κ1) is 15.4. The highest BCUT2D eigenvalue weighted by molar-refractivity contribution is 5.84. The van der Waals surface area contributed by atoms with Crippen LogP contribution < -0.4 is 5.32 Å². The van der Waals surface area contributed by atoms with Crippen LogP contribution in [0.5, 0.6) is 0 Å². The minimum Gasteiger partial charge on any atom is -0.480 e. The average Bonchev–Trinajstić information content (AvgIpc) is 2.35. The van der Waals surface area contributed by atoms with Crippen LogP contribution in [0.4, 0.5) is 9.18 Å². The summed E-state index contributed by atoms with van der Waals surface area (Å²) in [5.41, 5.74) is 0.214. The molecule has 0 atom stereocenters. The summed E-state index contributed by atoms with van der Waals surface area (Å²) >= 11 is 0. The summed E-state index contributed by atoms with van der Waals surface area (Å²) in [6.07, 6.45) is 0. The number of carbonyl (C=O) groups excluding carboxylic acids is 1. The number of amides is 2. The number of carboxylic acid groups (broad SMARTS) is 2. The van der Waals surface area contributed by atoms with E-state index in [2.05, 4.69) is 5.32 Å². The lowest BCUT2D eigenvalue weighted by Gasteiger charge is -2.19. The number of rotatable bonds is 6. The van der Waals surface area contributed by atoms with Gasteiger partial charge >= 0.3 is 18.0 Å². The van der Waals surface area contributed by atoms with Crippen LogP contribution in [-0.4, -0.2) is 46.2 Å². The first-order valence-corrected chi connectivity index (χ1v) is 5.60. The van der Waals surface area contributed by atoms with Gasteiger partial charge in [-0.3, -0.25) is 9.59 Å². The SMILES string of the molecule is O=C(O)CN(CC(=O)O)C(=O)NCc1ccccc1F. The second kappa shape index (κ2) is 7.07. The molecule has 0 aliphatic heterocycles. The van der Waals surface area contributed by atoms with E-state index in [1.807, 2.05) is 0 Å². The fourth-order valence-corrected chi connectivity index (χ4v) is 1.45. The first-order chi connectivity index (χ1) is 9.40. The van der Waals surface area contributed by atoms with Gasteiger partial charge in [0.05, 0.1) is 0 Å². The number of hydrogen-bond acceptors (Lipinski definition) is 3. The standard InChI is InChI=1S/C12H13FN2O5/c13-9-4-2-1-3-8(9)5-14-12(20)15(6-10(16)17)7-11(18)19/h1-4H,5-7H2,(H,14,20)(H,16,17)(H,18,19). The number of hydrogen-bond donors (Lipinski definition) is 3. The second-order valence-corrected chi connectivity index (χ2v) is 3.89. The Labute approximate surface area is 113 Å². The van der Waals surface area contributed by atoms with Crippen molar-refractivity contribution in [2.75, 3.05) is 13.1 Å². The molecule has 0 radical (unpaired) electrons. The summed E-state index contributed by atoms with van der Waals surface area (Å²) in [6.45, 7) is -1.67. The van der Waals surface area contributed by atoms with Gasteiger partial charge in [0.25, 0.3) is 0 Å². The number of aliphatic carboxylic acids is 2. The Bertz CT molecular complexity index is 504. The molecule has 8 heteroatoms. The first-order valence-electron chi connectivity index (χ1n) is 5.60. The van der Waals surface area contributed by atoms with E-state index >= 15 is 0 Å². The summed E-state index contributed by atoms with van der Waals surface area (Å²) in [4.78, 5) is 33.4. The van der Waals surface area contributed by atoms with Crippen molar-refractivity contribution < 1.29 is 29.0 Å². The number of nitrogens with one attached hydrogen (secondary N) is 1. The predicted molar refractivity (Wildman–Crippen MR) is 65.5 cm³/mol. The van der Waals surface area contributed by atoms with Crippen LogP contribution in [0.25, 0.3) is 0 Å². The minimum atomic E-state index is -1.34. The number of benzene rings is 1. The molecule has 1 aromatic rings. The normalized spacial score (nSPS) is 9.85. The smallest absolute Gasteiger partial charge is 0.323 e. The Hall–Kier alpha value is -2.64.